The van der Waals surface area contributed by atoms with Gasteiger partial charge in [0.1, 0.15) is 0 Å². The standard InChI is InChI=1S/C16H22O4/c1-4-12(5-2)11-20-16(18)14-9-7-13(8-10-14)15(17)19-6-3/h7-10,12H,4-6,11H2,1-3H3. The summed E-state index contributed by atoms with van der Waals surface area (Å²) in [7, 11) is 0. The van der Waals surface area contributed by atoms with Crippen LogP contribution in [0, 0.1) is 5.92 Å². The molecule has 20 heavy (non-hydrogen) atoms. The Labute approximate surface area is 120 Å². The first-order chi connectivity index (χ1) is 9.62. The van der Waals surface area contributed by atoms with E-state index in [1.165, 1.54) is 0 Å². The zero-order valence-electron chi connectivity index (χ0n) is 12.3. The first-order valence-electron chi connectivity index (χ1n) is 7.06. The van der Waals surface area contributed by atoms with E-state index in [0.29, 0.717) is 30.3 Å². The molecule has 0 atom stereocenters. The minimum absolute atomic E-state index is 0.331. The molecule has 0 aliphatic rings. The van der Waals surface area contributed by atoms with Crippen molar-refractivity contribution in [2.75, 3.05) is 13.2 Å². The lowest BCUT2D eigenvalue weighted by Crippen LogP contribution is -2.13. The maximum Gasteiger partial charge on any atom is 0.338 e. The molecule has 0 N–H and O–H groups in total. The fraction of sp³-hybridized carbons (Fsp3) is 0.500. The number of rotatable bonds is 7. The number of benzene rings is 1. The SMILES string of the molecule is CCOC(=O)c1ccc(C(=O)OCC(CC)CC)cc1. The quantitative estimate of drug-likeness (QED) is 0.717. The van der Waals surface area contributed by atoms with Crippen LogP contribution in [0.25, 0.3) is 0 Å². The molecule has 1 aromatic carbocycles. The van der Waals surface area contributed by atoms with Crippen molar-refractivity contribution in [1.82, 2.24) is 0 Å². The minimum Gasteiger partial charge on any atom is -0.462 e. The van der Waals surface area contributed by atoms with Crippen molar-refractivity contribution in [3.8, 4) is 0 Å². The molecule has 0 heterocycles. The van der Waals surface area contributed by atoms with Crippen LogP contribution >= 0.6 is 0 Å². The van der Waals surface area contributed by atoms with Crippen molar-refractivity contribution < 1.29 is 19.1 Å². The average molecular weight is 278 g/mol. The Morgan fingerprint density at radius 2 is 1.35 bits per heavy atom. The lowest BCUT2D eigenvalue weighted by Gasteiger charge is -2.12. The summed E-state index contributed by atoms with van der Waals surface area (Å²) in [5, 5.41) is 0. The molecule has 0 unspecified atom stereocenters. The molecule has 0 aromatic heterocycles. The van der Waals surface area contributed by atoms with Gasteiger partial charge in [-0.1, -0.05) is 26.7 Å². The summed E-state index contributed by atoms with van der Waals surface area (Å²) in [4.78, 5) is 23.3. The molecule has 0 spiro atoms. The average Bonchev–Trinajstić information content (AvgIpc) is 2.48. The fourth-order valence-electron chi connectivity index (χ4n) is 1.76. The van der Waals surface area contributed by atoms with Crippen molar-refractivity contribution in [2.24, 2.45) is 5.92 Å². The Morgan fingerprint density at radius 1 is 0.900 bits per heavy atom. The number of ether oxygens (including phenoxy) is 2. The van der Waals surface area contributed by atoms with Crippen LogP contribution in [0.2, 0.25) is 0 Å². The van der Waals surface area contributed by atoms with Gasteiger partial charge in [-0.05, 0) is 37.1 Å². The highest BCUT2D eigenvalue weighted by molar-refractivity contribution is 5.93. The highest BCUT2D eigenvalue weighted by Gasteiger charge is 2.12. The summed E-state index contributed by atoms with van der Waals surface area (Å²) in [5.74, 6) is -0.338. The third-order valence-corrected chi connectivity index (χ3v) is 3.24. The van der Waals surface area contributed by atoms with Gasteiger partial charge in [0.15, 0.2) is 0 Å². The molecule has 0 saturated heterocycles. The molecule has 0 aliphatic carbocycles. The van der Waals surface area contributed by atoms with Crippen LogP contribution in [-0.4, -0.2) is 25.2 Å². The molecule has 0 radical (unpaired) electrons. The number of hydrogen-bond donors (Lipinski definition) is 0. The molecule has 0 aliphatic heterocycles. The third kappa shape index (κ3) is 4.68. The Morgan fingerprint density at radius 3 is 1.75 bits per heavy atom. The van der Waals surface area contributed by atoms with Gasteiger partial charge in [0.25, 0.3) is 0 Å². The Kier molecular flexibility index (Phi) is 6.77. The van der Waals surface area contributed by atoms with Gasteiger partial charge in [-0.25, -0.2) is 9.59 Å². The maximum atomic E-state index is 11.8. The van der Waals surface area contributed by atoms with Crippen LogP contribution in [0.4, 0.5) is 0 Å². The molecule has 0 fully saturated rings. The van der Waals surface area contributed by atoms with Gasteiger partial charge >= 0.3 is 11.9 Å². The summed E-state index contributed by atoms with van der Waals surface area (Å²) in [6.45, 7) is 6.68. The Hall–Kier alpha value is -1.84. The molecule has 1 aromatic rings. The van der Waals surface area contributed by atoms with Crippen molar-refractivity contribution in [2.45, 2.75) is 33.6 Å². The van der Waals surface area contributed by atoms with E-state index in [1.54, 1.807) is 31.2 Å². The number of carbonyl (C=O) groups excluding carboxylic acids is 2. The Balaban J connectivity index is 2.59. The van der Waals surface area contributed by atoms with E-state index in [2.05, 4.69) is 13.8 Å². The zero-order valence-corrected chi connectivity index (χ0v) is 12.3. The van der Waals surface area contributed by atoms with E-state index in [9.17, 15) is 9.59 Å². The normalized spacial score (nSPS) is 10.4. The van der Waals surface area contributed by atoms with Crippen LogP contribution < -0.4 is 0 Å². The minimum atomic E-state index is -0.385. The van der Waals surface area contributed by atoms with Gasteiger partial charge in [0.2, 0.25) is 0 Å². The summed E-state index contributed by atoms with van der Waals surface area (Å²) in [6, 6.07) is 6.32. The van der Waals surface area contributed by atoms with E-state index in [1.807, 2.05) is 0 Å². The van der Waals surface area contributed by atoms with Gasteiger partial charge < -0.3 is 9.47 Å². The van der Waals surface area contributed by atoms with Gasteiger partial charge in [0.05, 0.1) is 24.3 Å². The van der Waals surface area contributed by atoms with E-state index in [4.69, 9.17) is 9.47 Å². The lowest BCUT2D eigenvalue weighted by molar-refractivity contribution is 0.0431. The monoisotopic (exact) mass is 278 g/mol. The van der Waals surface area contributed by atoms with Crippen molar-refractivity contribution in [3.63, 3.8) is 0 Å². The fourth-order valence-corrected chi connectivity index (χ4v) is 1.76. The van der Waals surface area contributed by atoms with E-state index < -0.39 is 0 Å². The highest BCUT2D eigenvalue weighted by atomic mass is 16.5. The molecular weight excluding hydrogens is 256 g/mol. The van der Waals surface area contributed by atoms with Crippen LogP contribution in [0.5, 0.6) is 0 Å². The summed E-state index contributed by atoms with van der Waals surface area (Å²) in [5.41, 5.74) is 0.882. The van der Waals surface area contributed by atoms with E-state index in [-0.39, 0.29) is 11.9 Å². The number of carbonyl (C=O) groups is 2. The summed E-state index contributed by atoms with van der Waals surface area (Å²) in [6.07, 6.45) is 1.98. The molecule has 110 valence electrons. The van der Waals surface area contributed by atoms with Crippen LogP contribution in [0.15, 0.2) is 24.3 Å². The Bertz CT molecular complexity index is 432. The van der Waals surface area contributed by atoms with Crippen molar-refractivity contribution >= 4 is 11.9 Å². The van der Waals surface area contributed by atoms with Crippen molar-refractivity contribution in [1.29, 1.82) is 0 Å². The number of hydrogen-bond acceptors (Lipinski definition) is 4. The second-order valence-electron chi connectivity index (χ2n) is 4.58. The molecule has 0 amide bonds. The topological polar surface area (TPSA) is 52.6 Å². The zero-order chi connectivity index (χ0) is 15.0. The predicted octanol–water partition coefficient (Wildman–Crippen LogP) is 3.46. The smallest absolute Gasteiger partial charge is 0.338 e. The molecule has 0 saturated carbocycles. The van der Waals surface area contributed by atoms with E-state index >= 15 is 0 Å². The molecule has 0 bridgehead atoms. The van der Waals surface area contributed by atoms with Crippen LogP contribution in [-0.2, 0) is 9.47 Å². The third-order valence-electron chi connectivity index (χ3n) is 3.24. The number of esters is 2. The van der Waals surface area contributed by atoms with E-state index in [0.717, 1.165) is 12.8 Å². The summed E-state index contributed by atoms with van der Waals surface area (Å²) < 4.78 is 10.1. The molecule has 4 nitrogen and oxygen atoms in total. The largest absolute Gasteiger partial charge is 0.462 e. The van der Waals surface area contributed by atoms with Crippen LogP contribution in [0.1, 0.15) is 54.3 Å². The highest BCUT2D eigenvalue weighted by Crippen LogP contribution is 2.11. The van der Waals surface area contributed by atoms with Crippen molar-refractivity contribution in [3.05, 3.63) is 35.4 Å². The van der Waals surface area contributed by atoms with Crippen LogP contribution in [0.3, 0.4) is 0 Å². The van der Waals surface area contributed by atoms with Gasteiger partial charge in [-0.2, -0.15) is 0 Å². The predicted molar refractivity (Wildman–Crippen MR) is 76.8 cm³/mol. The second kappa shape index (κ2) is 8.35. The second-order valence-corrected chi connectivity index (χ2v) is 4.58. The van der Waals surface area contributed by atoms with Gasteiger partial charge in [-0.3, -0.25) is 0 Å². The molecule has 4 heteroatoms. The summed E-state index contributed by atoms with van der Waals surface area (Å²) >= 11 is 0. The first-order valence-corrected chi connectivity index (χ1v) is 7.06. The maximum absolute atomic E-state index is 11.8. The first kappa shape index (κ1) is 16.2. The molecular formula is C16H22O4. The van der Waals surface area contributed by atoms with Gasteiger partial charge in [-0.15, -0.1) is 0 Å². The molecule has 1 rings (SSSR count). The van der Waals surface area contributed by atoms with Gasteiger partial charge in [0, 0.05) is 0 Å². The lowest BCUT2D eigenvalue weighted by atomic mass is 10.1.